The highest BCUT2D eigenvalue weighted by atomic mass is 35.5. The standard InChI is InChI=1S/C28H29ClN6/c1-19-25(17-22-9-11-24(29)12-10-22)28(33-20(2)30-19)35-15-13-34(14-16-35)27-18-26(31-21(3)32-27)23-7-5-4-6-8-23/h4-12,18H,13-17H2,1-3H3. The first-order chi connectivity index (χ1) is 17.0. The molecule has 2 aromatic carbocycles. The lowest BCUT2D eigenvalue weighted by Gasteiger charge is -2.37. The quantitative estimate of drug-likeness (QED) is 0.376. The highest BCUT2D eigenvalue weighted by molar-refractivity contribution is 6.30. The van der Waals surface area contributed by atoms with Crippen molar-refractivity contribution in [3.63, 3.8) is 0 Å². The zero-order valence-corrected chi connectivity index (χ0v) is 21.1. The molecular formula is C28H29ClN6. The van der Waals surface area contributed by atoms with E-state index in [1.54, 1.807) is 0 Å². The van der Waals surface area contributed by atoms with E-state index < -0.39 is 0 Å². The van der Waals surface area contributed by atoms with E-state index in [1.807, 2.05) is 44.2 Å². The van der Waals surface area contributed by atoms with E-state index in [2.05, 4.69) is 57.0 Å². The molecule has 0 atom stereocenters. The van der Waals surface area contributed by atoms with Gasteiger partial charge in [0, 0.05) is 60.5 Å². The fourth-order valence-corrected chi connectivity index (χ4v) is 4.74. The smallest absolute Gasteiger partial charge is 0.136 e. The fraction of sp³-hybridized carbons (Fsp3) is 0.286. The summed E-state index contributed by atoms with van der Waals surface area (Å²) < 4.78 is 0. The van der Waals surface area contributed by atoms with Crippen LogP contribution >= 0.6 is 11.6 Å². The third-order valence-corrected chi connectivity index (χ3v) is 6.65. The van der Waals surface area contributed by atoms with Crippen molar-refractivity contribution >= 4 is 23.2 Å². The second-order valence-corrected chi connectivity index (χ2v) is 9.40. The van der Waals surface area contributed by atoms with Gasteiger partial charge in [0.15, 0.2) is 0 Å². The third-order valence-electron chi connectivity index (χ3n) is 6.40. The normalized spacial score (nSPS) is 13.8. The molecule has 1 fully saturated rings. The van der Waals surface area contributed by atoms with Gasteiger partial charge in [-0.1, -0.05) is 54.1 Å². The Balaban J connectivity index is 1.36. The topological polar surface area (TPSA) is 58.0 Å². The molecule has 1 saturated heterocycles. The number of hydrogen-bond acceptors (Lipinski definition) is 6. The second kappa shape index (κ2) is 10.0. The largest absolute Gasteiger partial charge is 0.353 e. The minimum absolute atomic E-state index is 0.748. The minimum Gasteiger partial charge on any atom is -0.353 e. The van der Waals surface area contributed by atoms with Crippen LogP contribution in [0.2, 0.25) is 5.02 Å². The Labute approximate surface area is 211 Å². The molecule has 0 amide bonds. The van der Waals surface area contributed by atoms with Gasteiger partial charge in [-0.3, -0.25) is 0 Å². The summed E-state index contributed by atoms with van der Waals surface area (Å²) in [6.45, 7) is 9.48. The zero-order valence-electron chi connectivity index (χ0n) is 20.4. The molecule has 7 heteroatoms. The first-order valence-corrected chi connectivity index (χ1v) is 12.3. The number of piperazine rings is 1. The van der Waals surface area contributed by atoms with Gasteiger partial charge >= 0.3 is 0 Å². The monoisotopic (exact) mass is 484 g/mol. The van der Waals surface area contributed by atoms with Crippen LogP contribution in [0.15, 0.2) is 60.7 Å². The maximum absolute atomic E-state index is 6.09. The number of anilines is 2. The summed E-state index contributed by atoms with van der Waals surface area (Å²) in [5, 5.41) is 0.748. The summed E-state index contributed by atoms with van der Waals surface area (Å²) in [4.78, 5) is 23.7. The summed E-state index contributed by atoms with van der Waals surface area (Å²) in [6, 6.07) is 20.4. The van der Waals surface area contributed by atoms with E-state index in [9.17, 15) is 0 Å². The Morgan fingerprint density at radius 1 is 0.743 bits per heavy atom. The lowest BCUT2D eigenvalue weighted by Crippen LogP contribution is -2.47. The van der Waals surface area contributed by atoms with E-state index in [4.69, 9.17) is 21.6 Å². The molecule has 4 aromatic rings. The molecule has 6 nitrogen and oxygen atoms in total. The zero-order chi connectivity index (χ0) is 24.4. The Morgan fingerprint density at radius 2 is 1.40 bits per heavy atom. The van der Waals surface area contributed by atoms with E-state index in [0.29, 0.717) is 0 Å². The van der Waals surface area contributed by atoms with Crippen LogP contribution in [0.4, 0.5) is 11.6 Å². The van der Waals surface area contributed by atoms with Crippen LogP contribution in [-0.2, 0) is 6.42 Å². The molecule has 0 saturated carbocycles. The SMILES string of the molecule is Cc1nc(-c2ccccc2)cc(N2CCN(c3nc(C)nc(C)c3Cc3ccc(Cl)cc3)CC2)n1. The molecule has 2 aromatic heterocycles. The van der Waals surface area contributed by atoms with Crippen molar-refractivity contribution in [1.82, 2.24) is 19.9 Å². The maximum atomic E-state index is 6.09. The van der Waals surface area contributed by atoms with Gasteiger partial charge in [-0.25, -0.2) is 19.9 Å². The summed E-state index contributed by atoms with van der Waals surface area (Å²) >= 11 is 6.09. The van der Waals surface area contributed by atoms with Gasteiger partial charge in [-0.05, 0) is 38.5 Å². The first-order valence-electron chi connectivity index (χ1n) is 12.0. The van der Waals surface area contributed by atoms with Gasteiger partial charge in [-0.15, -0.1) is 0 Å². The molecule has 0 spiro atoms. The average Bonchev–Trinajstić information content (AvgIpc) is 2.87. The molecule has 0 radical (unpaired) electrons. The molecule has 5 rings (SSSR count). The van der Waals surface area contributed by atoms with Crippen molar-refractivity contribution in [2.24, 2.45) is 0 Å². The van der Waals surface area contributed by atoms with E-state index in [-0.39, 0.29) is 0 Å². The highest BCUT2D eigenvalue weighted by Gasteiger charge is 2.23. The summed E-state index contributed by atoms with van der Waals surface area (Å²) in [5.41, 5.74) is 5.48. The van der Waals surface area contributed by atoms with Crippen LogP contribution in [0.3, 0.4) is 0 Å². The van der Waals surface area contributed by atoms with Crippen LogP contribution in [0.1, 0.15) is 28.5 Å². The Bertz CT molecular complexity index is 1320. The molecule has 35 heavy (non-hydrogen) atoms. The third kappa shape index (κ3) is 5.28. The van der Waals surface area contributed by atoms with E-state index in [0.717, 1.165) is 77.9 Å². The lowest BCUT2D eigenvalue weighted by atomic mass is 10.0. The number of halogens is 1. The van der Waals surface area contributed by atoms with Gasteiger partial charge in [0.1, 0.15) is 23.3 Å². The molecule has 0 N–H and O–H groups in total. The average molecular weight is 485 g/mol. The number of aryl methyl sites for hydroxylation is 3. The summed E-state index contributed by atoms with van der Waals surface area (Å²) in [5.74, 6) is 3.61. The number of benzene rings is 2. The Morgan fingerprint density at radius 3 is 2.11 bits per heavy atom. The molecule has 1 aliphatic rings. The Kier molecular flexibility index (Phi) is 6.64. The number of aromatic nitrogens is 4. The van der Waals surface area contributed by atoms with Crippen molar-refractivity contribution in [2.45, 2.75) is 27.2 Å². The van der Waals surface area contributed by atoms with Crippen LogP contribution in [0.5, 0.6) is 0 Å². The predicted octanol–water partition coefficient (Wildman–Crippen LogP) is 5.43. The maximum Gasteiger partial charge on any atom is 0.136 e. The lowest BCUT2D eigenvalue weighted by molar-refractivity contribution is 0.635. The number of nitrogens with zero attached hydrogens (tertiary/aromatic N) is 6. The molecule has 0 aliphatic carbocycles. The molecule has 3 heterocycles. The predicted molar refractivity (Wildman–Crippen MR) is 142 cm³/mol. The minimum atomic E-state index is 0.748. The molecule has 1 aliphatic heterocycles. The number of hydrogen-bond donors (Lipinski definition) is 0. The summed E-state index contributed by atoms with van der Waals surface area (Å²) in [6.07, 6.45) is 0.782. The molecular weight excluding hydrogens is 456 g/mol. The highest BCUT2D eigenvalue weighted by Crippen LogP contribution is 2.27. The van der Waals surface area contributed by atoms with Crippen molar-refractivity contribution in [3.05, 3.63) is 94.2 Å². The first kappa shape index (κ1) is 23.2. The molecule has 178 valence electrons. The van der Waals surface area contributed by atoms with Crippen molar-refractivity contribution in [3.8, 4) is 11.3 Å². The number of rotatable bonds is 5. The second-order valence-electron chi connectivity index (χ2n) is 8.96. The van der Waals surface area contributed by atoms with Gasteiger partial charge < -0.3 is 9.80 Å². The van der Waals surface area contributed by atoms with E-state index in [1.165, 1.54) is 11.1 Å². The van der Waals surface area contributed by atoms with Crippen LogP contribution in [0.25, 0.3) is 11.3 Å². The molecule has 0 bridgehead atoms. The van der Waals surface area contributed by atoms with Crippen LogP contribution < -0.4 is 9.80 Å². The van der Waals surface area contributed by atoms with Gasteiger partial charge in [-0.2, -0.15) is 0 Å². The van der Waals surface area contributed by atoms with Gasteiger partial charge in [0.2, 0.25) is 0 Å². The van der Waals surface area contributed by atoms with Gasteiger partial charge in [0.25, 0.3) is 0 Å². The van der Waals surface area contributed by atoms with Crippen molar-refractivity contribution in [1.29, 1.82) is 0 Å². The van der Waals surface area contributed by atoms with Gasteiger partial charge in [0.05, 0.1) is 5.69 Å². The molecule has 0 unspecified atom stereocenters. The van der Waals surface area contributed by atoms with Crippen LogP contribution in [-0.4, -0.2) is 46.1 Å². The fourth-order valence-electron chi connectivity index (χ4n) is 4.61. The Hall–Kier alpha value is -3.51. The van der Waals surface area contributed by atoms with Crippen molar-refractivity contribution in [2.75, 3.05) is 36.0 Å². The summed E-state index contributed by atoms with van der Waals surface area (Å²) in [7, 11) is 0. The van der Waals surface area contributed by atoms with E-state index >= 15 is 0 Å². The van der Waals surface area contributed by atoms with Crippen molar-refractivity contribution < 1.29 is 0 Å². The van der Waals surface area contributed by atoms with Crippen LogP contribution in [0, 0.1) is 20.8 Å².